The van der Waals surface area contributed by atoms with E-state index < -0.39 is 20.8 Å². The zero-order valence-corrected chi connectivity index (χ0v) is 21.0. The largest absolute Gasteiger partial charge is 0.813 e. The average Bonchev–Trinajstić information content (AvgIpc) is 3.32. The van der Waals surface area contributed by atoms with Crippen LogP contribution in [-0.2, 0) is 34.3 Å². The fourth-order valence-electron chi connectivity index (χ4n) is 3.11. The number of halogens is 3. The van der Waals surface area contributed by atoms with Gasteiger partial charge < -0.3 is 13.5 Å². The van der Waals surface area contributed by atoms with Gasteiger partial charge in [-0.15, -0.1) is 58.6 Å². The molecule has 0 N–H and O–H groups in total. The monoisotopic (exact) mass is 559 g/mol. The minimum atomic E-state index is -0.826. The van der Waals surface area contributed by atoms with Gasteiger partial charge in [0.25, 0.3) is 0 Å². The molecule has 1 fully saturated rings. The van der Waals surface area contributed by atoms with Crippen LogP contribution < -0.4 is 0 Å². The molecule has 0 aromatic heterocycles. The Bertz CT molecular complexity index is 835. The third-order valence-electron chi connectivity index (χ3n) is 4.19. The quantitative estimate of drug-likeness (QED) is 0.124. The van der Waals surface area contributed by atoms with Crippen LogP contribution in [0.3, 0.4) is 0 Å². The number of hydrogen-bond acceptors (Lipinski definition) is 2. The maximum Gasteiger partial charge on any atom is -0.0809 e. The van der Waals surface area contributed by atoms with Crippen LogP contribution in [0.5, 0.6) is 0 Å². The van der Waals surface area contributed by atoms with Gasteiger partial charge in [0.1, 0.15) is 0 Å². The predicted octanol–water partition coefficient (Wildman–Crippen LogP) is 7.10. The maximum atomic E-state index is 4.93. The summed E-state index contributed by atoms with van der Waals surface area (Å²) in [6, 6.07) is 24.3. The van der Waals surface area contributed by atoms with Crippen molar-refractivity contribution in [3.63, 3.8) is 0 Å². The van der Waals surface area contributed by atoms with Crippen LogP contribution in [0.1, 0.15) is 17.0 Å². The number of fused-ring (bicyclic) bond motifs is 4. The Hall–Kier alpha value is 0.433. The summed E-state index contributed by atoms with van der Waals surface area (Å²) >= 11 is 4.87. The predicted molar refractivity (Wildman–Crippen MR) is 121 cm³/mol. The Kier molecular flexibility index (Phi) is 10.00. The van der Waals surface area contributed by atoms with Gasteiger partial charge in [0, 0.05) is 11.7 Å². The van der Waals surface area contributed by atoms with Crippen LogP contribution in [0.15, 0.2) is 66.2 Å². The number of thioether (sulfide) groups is 1. The van der Waals surface area contributed by atoms with Crippen LogP contribution in [0.25, 0.3) is 16.8 Å². The molecular formula is C20H16BrCl2S2Zr-3. The Labute approximate surface area is 193 Å². The molecule has 1 heterocycles. The second-order valence-electron chi connectivity index (χ2n) is 5.62. The first-order chi connectivity index (χ1) is 12.2. The maximum absolute atomic E-state index is 4.93. The summed E-state index contributed by atoms with van der Waals surface area (Å²) in [6.07, 6.45) is 2.32. The molecule has 1 saturated heterocycles. The molecule has 0 nitrogen and oxygen atoms in total. The van der Waals surface area contributed by atoms with Gasteiger partial charge in [-0.05, 0) is 0 Å². The molecule has 0 saturated carbocycles. The summed E-state index contributed by atoms with van der Waals surface area (Å²) < 4.78 is 0.554. The topological polar surface area (TPSA) is 0 Å². The van der Waals surface area contributed by atoms with E-state index >= 15 is 0 Å². The van der Waals surface area contributed by atoms with Crippen molar-refractivity contribution in [1.29, 1.82) is 0 Å². The van der Waals surface area contributed by atoms with Gasteiger partial charge in [-0.2, -0.15) is 41.8 Å². The minimum absolute atomic E-state index is 0. The number of rotatable bonds is 0. The van der Waals surface area contributed by atoms with E-state index in [1.54, 1.807) is 5.57 Å². The summed E-state index contributed by atoms with van der Waals surface area (Å²) in [7, 11) is 9.87. The van der Waals surface area contributed by atoms with E-state index in [9.17, 15) is 0 Å². The molecule has 3 aromatic rings. The molecule has 3 aromatic carbocycles. The van der Waals surface area contributed by atoms with Crippen LogP contribution >= 0.6 is 44.7 Å². The van der Waals surface area contributed by atoms with Crippen LogP contribution in [0.2, 0.25) is 0 Å². The summed E-state index contributed by atoms with van der Waals surface area (Å²) in [5, 5.41) is 2.66. The van der Waals surface area contributed by atoms with Crippen molar-refractivity contribution in [2.75, 3.05) is 5.75 Å². The van der Waals surface area contributed by atoms with Crippen molar-refractivity contribution >= 4 is 75.1 Å². The average molecular weight is 563 g/mol. The van der Waals surface area contributed by atoms with Crippen molar-refractivity contribution in [3.05, 3.63) is 83.4 Å². The third-order valence-corrected chi connectivity index (χ3v) is 6.60. The zero-order valence-electron chi connectivity index (χ0n) is 13.7. The minimum Gasteiger partial charge on any atom is -0.813 e. The van der Waals surface area contributed by atoms with Gasteiger partial charge in [0.15, 0.2) is 0 Å². The molecule has 6 heteroatoms. The SMILES string of the molecule is BrC1SCC2=Cc3ccc[c-]c3C21.[Cl][Zr][Cl].[SH-].c1ccc2[cH-]ccc2c1. The first-order valence-corrected chi connectivity index (χ1v) is 16.1. The molecule has 2 unspecified atom stereocenters. The van der Waals surface area contributed by atoms with Crippen molar-refractivity contribution in [2.45, 2.75) is 10.1 Å². The smallest absolute Gasteiger partial charge is 0.0809 e. The molecule has 2 atom stereocenters. The Morgan fingerprint density at radius 2 is 1.92 bits per heavy atom. The second-order valence-corrected chi connectivity index (χ2v) is 12.1. The van der Waals surface area contributed by atoms with E-state index in [0.717, 1.165) is 0 Å². The molecule has 2 aliphatic rings. The number of hydrogen-bond donors (Lipinski definition) is 0. The standard InChI is InChI=1S/C11H8BrS.C9H7.2ClH.H2S.Zr/c12-11-10-8(6-13-11)5-7-3-1-2-4-9(7)10;1-2-5-9-7-3-6-8(9)4-1;;;;/h1-3,5,10-11H,6H2;1-7H;2*1H;1H2;/q2*-1;;;;+2/p-3. The molecule has 0 amide bonds. The van der Waals surface area contributed by atoms with Crippen molar-refractivity contribution in [2.24, 2.45) is 0 Å². The molecule has 1 aliphatic carbocycles. The van der Waals surface area contributed by atoms with E-state index in [4.69, 9.17) is 17.0 Å². The summed E-state index contributed by atoms with van der Waals surface area (Å²) in [5.41, 5.74) is 4.31. The fourth-order valence-corrected chi connectivity index (χ4v) is 5.22. The van der Waals surface area contributed by atoms with E-state index in [0.29, 0.717) is 10.1 Å². The summed E-state index contributed by atoms with van der Waals surface area (Å²) in [5.74, 6) is 1.75. The van der Waals surface area contributed by atoms with Gasteiger partial charge in [-0.3, -0.25) is 0 Å². The van der Waals surface area contributed by atoms with Crippen molar-refractivity contribution < 1.29 is 20.8 Å². The Morgan fingerprint density at radius 1 is 1.15 bits per heavy atom. The third kappa shape index (κ3) is 5.49. The number of benzene rings is 2. The molecule has 0 spiro atoms. The Morgan fingerprint density at radius 3 is 2.69 bits per heavy atom. The van der Waals surface area contributed by atoms with Gasteiger partial charge >= 0.3 is 37.9 Å². The van der Waals surface area contributed by atoms with Gasteiger partial charge in [0.2, 0.25) is 0 Å². The zero-order chi connectivity index (χ0) is 17.6. The van der Waals surface area contributed by atoms with Crippen LogP contribution in [-0.4, -0.2) is 9.91 Å². The first kappa shape index (κ1) is 22.7. The molecule has 0 radical (unpaired) electrons. The van der Waals surface area contributed by atoms with Crippen LogP contribution in [0.4, 0.5) is 0 Å². The van der Waals surface area contributed by atoms with E-state index in [2.05, 4.69) is 82.7 Å². The van der Waals surface area contributed by atoms with Crippen LogP contribution in [0, 0.1) is 6.07 Å². The molecule has 26 heavy (non-hydrogen) atoms. The normalized spacial score (nSPS) is 19.0. The fraction of sp³-hybridized carbons (Fsp3) is 0.150. The molecule has 1 aliphatic heterocycles. The van der Waals surface area contributed by atoms with Gasteiger partial charge in [-0.25, -0.2) is 0 Å². The van der Waals surface area contributed by atoms with Gasteiger partial charge in [0.05, 0.1) is 4.16 Å². The second kappa shape index (κ2) is 11.4. The molecule has 136 valence electrons. The number of thiol groups is 1. The van der Waals surface area contributed by atoms with Crippen molar-refractivity contribution in [1.82, 2.24) is 0 Å². The molecule has 5 rings (SSSR count). The first-order valence-electron chi connectivity index (χ1n) is 7.78. The summed E-state index contributed by atoms with van der Waals surface area (Å²) in [4.78, 5) is 0. The van der Waals surface area contributed by atoms with Gasteiger partial charge in [-0.1, -0.05) is 27.6 Å². The number of alkyl halides is 1. The van der Waals surface area contributed by atoms with Crippen molar-refractivity contribution in [3.8, 4) is 0 Å². The van der Waals surface area contributed by atoms with E-state index in [1.165, 1.54) is 27.7 Å². The van der Waals surface area contributed by atoms with E-state index in [1.807, 2.05) is 17.8 Å². The Balaban J connectivity index is 0.000000165. The summed E-state index contributed by atoms with van der Waals surface area (Å²) in [6.45, 7) is 0. The van der Waals surface area contributed by atoms with E-state index in [-0.39, 0.29) is 13.5 Å². The molecule has 0 bridgehead atoms. The molecular weight excluding hydrogens is 546 g/mol.